The molecule has 25 heavy (non-hydrogen) atoms. The molecule has 0 saturated heterocycles. The Balaban J connectivity index is 1.42. The van der Waals surface area contributed by atoms with Crippen LogP contribution in [-0.4, -0.2) is 25.2 Å². The van der Waals surface area contributed by atoms with E-state index in [0.29, 0.717) is 18.0 Å². The predicted molar refractivity (Wildman–Crippen MR) is 98.4 cm³/mol. The number of para-hydroxylation sites is 2. The number of carbonyl (C=O) groups excluding carboxylic acids is 1. The average Bonchev–Trinajstić information content (AvgIpc) is 3.22. The molecule has 0 spiro atoms. The van der Waals surface area contributed by atoms with Gasteiger partial charge >= 0.3 is 0 Å². The number of ether oxygens (including phenoxy) is 2. The minimum Gasteiger partial charge on any atom is -0.485 e. The lowest BCUT2D eigenvalue weighted by Gasteiger charge is -2.37. The van der Waals surface area contributed by atoms with Crippen molar-refractivity contribution in [1.29, 1.82) is 0 Å². The number of carbonyl (C=O) groups is 1. The zero-order chi connectivity index (χ0) is 17.1. The molecule has 1 amide bonds. The maximum atomic E-state index is 12.6. The minimum atomic E-state index is -0.584. The van der Waals surface area contributed by atoms with Gasteiger partial charge in [0, 0.05) is 16.8 Å². The molecule has 2 aliphatic rings. The second-order valence-electron chi connectivity index (χ2n) is 6.90. The quantitative estimate of drug-likeness (QED) is 0.903. The highest BCUT2D eigenvalue weighted by atomic mass is 32.1. The van der Waals surface area contributed by atoms with Crippen molar-refractivity contribution in [3.05, 3.63) is 46.7 Å². The normalized spacial score (nSPS) is 21.5. The van der Waals surface area contributed by atoms with E-state index in [4.69, 9.17) is 9.47 Å². The van der Waals surface area contributed by atoms with Crippen LogP contribution in [0.1, 0.15) is 37.0 Å². The van der Waals surface area contributed by atoms with Crippen molar-refractivity contribution < 1.29 is 14.3 Å². The first-order valence-electron chi connectivity index (χ1n) is 8.97. The fourth-order valence-corrected chi connectivity index (χ4v) is 4.83. The summed E-state index contributed by atoms with van der Waals surface area (Å²) >= 11 is 1.80. The van der Waals surface area contributed by atoms with E-state index in [1.54, 1.807) is 11.3 Å². The van der Waals surface area contributed by atoms with Crippen LogP contribution in [-0.2, 0) is 10.2 Å². The van der Waals surface area contributed by atoms with Crippen LogP contribution in [0.2, 0.25) is 0 Å². The van der Waals surface area contributed by atoms with Crippen molar-refractivity contribution in [3.8, 4) is 11.5 Å². The number of fused-ring (bicyclic) bond motifs is 1. The molecule has 2 heterocycles. The summed E-state index contributed by atoms with van der Waals surface area (Å²) in [7, 11) is 0. The molecule has 1 fully saturated rings. The zero-order valence-electron chi connectivity index (χ0n) is 14.2. The number of amides is 1. The van der Waals surface area contributed by atoms with Crippen LogP contribution in [0, 0.1) is 0 Å². The van der Waals surface area contributed by atoms with Gasteiger partial charge in [0.05, 0.1) is 0 Å². The van der Waals surface area contributed by atoms with Crippen LogP contribution in [0.3, 0.4) is 0 Å². The van der Waals surface area contributed by atoms with E-state index >= 15 is 0 Å². The van der Waals surface area contributed by atoms with E-state index in [1.165, 1.54) is 24.1 Å². The molecular weight excluding hydrogens is 334 g/mol. The first-order chi connectivity index (χ1) is 12.3. The molecule has 0 unspecified atom stereocenters. The Kier molecular flexibility index (Phi) is 4.66. The first kappa shape index (κ1) is 16.5. The second-order valence-corrected chi connectivity index (χ2v) is 7.85. The van der Waals surface area contributed by atoms with E-state index in [2.05, 4.69) is 22.8 Å². The Hall–Kier alpha value is -2.01. The largest absolute Gasteiger partial charge is 0.485 e. The lowest BCUT2D eigenvalue weighted by molar-refractivity contribution is -0.130. The number of rotatable bonds is 4. The van der Waals surface area contributed by atoms with Gasteiger partial charge in [-0.05, 0) is 36.4 Å². The summed E-state index contributed by atoms with van der Waals surface area (Å²) in [6.07, 6.45) is 5.43. The average molecular weight is 357 g/mol. The minimum absolute atomic E-state index is 0.0789. The van der Waals surface area contributed by atoms with Gasteiger partial charge in [0.25, 0.3) is 5.91 Å². The number of hydrogen-bond acceptors (Lipinski definition) is 4. The highest BCUT2D eigenvalue weighted by Crippen LogP contribution is 2.41. The third-order valence-corrected chi connectivity index (χ3v) is 6.37. The highest BCUT2D eigenvalue weighted by Gasteiger charge is 2.36. The first-order valence-corrected chi connectivity index (χ1v) is 9.85. The van der Waals surface area contributed by atoms with Gasteiger partial charge in [-0.1, -0.05) is 37.5 Å². The summed E-state index contributed by atoms with van der Waals surface area (Å²) < 4.78 is 11.5. The lowest BCUT2D eigenvalue weighted by Crippen LogP contribution is -2.49. The summed E-state index contributed by atoms with van der Waals surface area (Å²) in [5.41, 5.74) is 0.0789. The Morgan fingerprint density at radius 1 is 1.12 bits per heavy atom. The van der Waals surface area contributed by atoms with E-state index in [-0.39, 0.29) is 17.9 Å². The molecule has 132 valence electrons. The van der Waals surface area contributed by atoms with Crippen LogP contribution in [0.25, 0.3) is 0 Å². The van der Waals surface area contributed by atoms with Gasteiger partial charge in [0.2, 0.25) is 6.10 Å². The fourth-order valence-electron chi connectivity index (χ4n) is 3.84. The van der Waals surface area contributed by atoms with Crippen LogP contribution >= 0.6 is 11.3 Å². The summed E-state index contributed by atoms with van der Waals surface area (Å²) in [6.45, 7) is 0.933. The van der Waals surface area contributed by atoms with Crippen molar-refractivity contribution in [2.75, 3.05) is 13.2 Å². The SMILES string of the molecule is O=C(NCC1(c2cccs2)CCCCC1)[C@@H]1COc2ccccc2O1. The number of nitrogens with one attached hydrogen (secondary N) is 1. The summed E-state index contributed by atoms with van der Waals surface area (Å²) in [5.74, 6) is 1.25. The molecule has 1 aliphatic heterocycles. The molecule has 1 aliphatic carbocycles. The van der Waals surface area contributed by atoms with Gasteiger partial charge in [0.15, 0.2) is 11.5 Å². The monoisotopic (exact) mass is 357 g/mol. The fraction of sp³-hybridized carbons (Fsp3) is 0.450. The number of benzene rings is 1. The standard InChI is InChI=1S/C20H23NO3S/c22-19(17-13-23-15-7-2-3-8-16(15)24-17)21-14-20(10-4-1-5-11-20)18-9-6-12-25-18/h2-3,6-9,12,17H,1,4-5,10-11,13-14H2,(H,21,22)/t17-/m0/s1. The number of thiophene rings is 1. The molecule has 1 aromatic heterocycles. The van der Waals surface area contributed by atoms with Crippen LogP contribution < -0.4 is 14.8 Å². The van der Waals surface area contributed by atoms with Gasteiger partial charge in [0.1, 0.15) is 6.61 Å². The van der Waals surface area contributed by atoms with Crippen molar-refractivity contribution in [3.63, 3.8) is 0 Å². The third-order valence-electron chi connectivity index (χ3n) is 5.26. The van der Waals surface area contributed by atoms with Gasteiger partial charge < -0.3 is 14.8 Å². The number of hydrogen-bond donors (Lipinski definition) is 1. The topological polar surface area (TPSA) is 47.6 Å². The van der Waals surface area contributed by atoms with Crippen molar-refractivity contribution >= 4 is 17.2 Å². The summed E-state index contributed by atoms with van der Waals surface area (Å²) in [6, 6.07) is 11.8. The molecule has 0 radical (unpaired) electrons. The Bertz CT molecular complexity index is 722. The second kappa shape index (κ2) is 7.08. The van der Waals surface area contributed by atoms with Crippen LogP contribution in [0.4, 0.5) is 0 Å². The molecule has 2 aromatic rings. The smallest absolute Gasteiger partial charge is 0.264 e. The van der Waals surface area contributed by atoms with E-state index in [0.717, 1.165) is 12.8 Å². The predicted octanol–water partition coefficient (Wildman–Crippen LogP) is 3.91. The maximum absolute atomic E-state index is 12.6. The van der Waals surface area contributed by atoms with Gasteiger partial charge in [-0.25, -0.2) is 0 Å². The molecule has 1 saturated carbocycles. The summed E-state index contributed by atoms with van der Waals surface area (Å²) in [5, 5.41) is 5.27. The zero-order valence-corrected chi connectivity index (χ0v) is 15.0. The van der Waals surface area contributed by atoms with E-state index < -0.39 is 6.10 Å². The molecule has 4 nitrogen and oxygen atoms in total. The van der Waals surface area contributed by atoms with E-state index in [1.807, 2.05) is 24.3 Å². The van der Waals surface area contributed by atoms with Gasteiger partial charge in [-0.2, -0.15) is 0 Å². The molecule has 4 rings (SSSR count). The summed E-state index contributed by atoms with van der Waals surface area (Å²) in [4.78, 5) is 14.0. The van der Waals surface area contributed by atoms with Crippen molar-refractivity contribution in [2.24, 2.45) is 0 Å². The third kappa shape index (κ3) is 3.38. The van der Waals surface area contributed by atoms with E-state index in [9.17, 15) is 4.79 Å². The van der Waals surface area contributed by atoms with Crippen LogP contribution in [0.15, 0.2) is 41.8 Å². The van der Waals surface area contributed by atoms with Crippen molar-refractivity contribution in [2.45, 2.75) is 43.6 Å². The Morgan fingerprint density at radius 3 is 2.68 bits per heavy atom. The molecule has 5 heteroatoms. The maximum Gasteiger partial charge on any atom is 0.264 e. The molecular formula is C20H23NO3S. The van der Waals surface area contributed by atoms with Gasteiger partial charge in [-0.15, -0.1) is 11.3 Å². The molecule has 1 N–H and O–H groups in total. The Morgan fingerprint density at radius 2 is 1.92 bits per heavy atom. The van der Waals surface area contributed by atoms with Crippen LogP contribution in [0.5, 0.6) is 11.5 Å². The Labute approximate surface area is 152 Å². The molecule has 0 bridgehead atoms. The highest BCUT2D eigenvalue weighted by molar-refractivity contribution is 7.10. The molecule has 1 atom stereocenters. The molecule has 1 aromatic carbocycles. The lowest BCUT2D eigenvalue weighted by atomic mass is 9.73. The van der Waals surface area contributed by atoms with Gasteiger partial charge in [-0.3, -0.25) is 4.79 Å². The van der Waals surface area contributed by atoms with Crippen molar-refractivity contribution in [1.82, 2.24) is 5.32 Å².